The summed E-state index contributed by atoms with van der Waals surface area (Å²) >= 11 is 5.89. The molecule has 0 N–H and O–H groups in total. The van der Waals surface area contributed by atoms with Crippen molar-refractivity contribution in [3.8, 4) is 0 Å². The Hall–Kier alpha value is -2.62. The third-order valence-electron chi connectivity index (χ3n) is 3.80. The number of fused-ring (bicyclic) bond motifs is 1. The van der Waals surface area contributed by atoms with Crippen molar-refractivity contribution < 1.29 is 22.7 Å². The van der Waals surface area contributed by atoms with E-state index in [2.05, 4.69) is 15.1 Å². The molecule has 0 bridgehead atoms. The minimum absolute atomic E-state index is 0.0119. The SMILES string of the molecule is CC(OC(=O)c1cnc2c(c1)c(C(F)(F)F)nn2C)c1ncc(Cl)n1C. The number of esters is 1. The number of aryl methyl sites for hydroxylation is 1. The summed E-state index contributed by atoms with van der Waals surface area (Å²) in [7, 11) is 2.99. The Labute approximate surface area is 150 Å². The second-order valence-corrected chi connectivity index (χ2v) is 6.00. The molecule has 3 aromatic rings. The maximum atomic E-state index is 13.1. The summed E-state index contributed by atoms with van der Waals surface area (Å²) in [6.45, 7) is 1.58. The van der Waals surface area contributed by atoms with Crippen LogP contribution in [0.15, 0.2) is 18.5 Å². The van der Waals surface area contributed by atoms with Crippen LogP contribution in [0.5, 0.6) is 0 Å². The molecule has 0 aliphatic carbocycles. The molecule has 3 aromatic heterocycles. The van der Waals surface area contributed by atoms with Crippen molar-refractivity contribution in [2.75, 3.05) is 0 Å². The van der Waals surface area contributed by atoms with Gasteiger partial charge in [0.25, 0.3) is 0 Å². The van der Waals surface area contributed by atoms with Gasteiger partial charge in [-0.15, -0.1) is 0 Å². The number of hydrogen-bond donors (Lipinski definition) is 0. The molecule has 3 heterocycles. The molecule has 0 aliphatic heterocycles. The number of imidazole rings is 1. The smallest absolute Gasteiger partial charge is 0.435 e. The van der Waals surface area contributed by atoms with Crippen LogP contribution in [-0.2, 0) is 25.0 Å². The fourth-order valence-electron chi connectivity index (χ4n) is 2.52. The Morgan fingerprint density at radius 3 is 2.54 bits per heavy atom. The minimum Gasteiger partial charge on any atom is -0.451 e. The maximum absolute atomic E-state index is 13.1. The number of aromatic nitrogens is 5. The van der Waals surface area contributed by atoms with E-state index in [0.717, 1.165) is 16.9 Å². The van der Waals surface area contributed by atoms with E-state index >= 15 is 0 Å². The van der Waals surface area contributed by atoms with Gasteiger partial charge in [0.2, 0.25) is 0 Å². The van der Waals surface area contributed by atoms with Crippen molar-refractivity contribution in [1.29, 1.82) is 0 Å². The van der Waals surface area contributed by atoms with E-state index in [9.17, 15) is 18.0 Å². The first-order valence-corrected chi connectivity index (χ1v) is 7.75. The summed E-state index contributed by atoms with van der Waals surface area (Å²) < 4.78 is 47.1. The molecule has 11 heteroatoms. The molecule has 1 unspecified atom stereocenters. The monoisotopic (exact) mass is 387 g/mol. The molecule has 3 rings (SSSR count). The van der Waals surface area contributed by atoms with Gasteiger partial charge in [-0.25, -0.2) is 19.4 Å². The average molecular weight is 388 g/mol. The highest BCUT2D eigenvalue weighted by Crippen LogP contribution is 2.33. The van der Waals surface area contributed by atoms with Gasteiger partial charge in [0, 0.05) is 20.3 Å². The lowest BCUT2D eigenvalue weighted by Crippen LogP contribution is -2.13. The standard InChI is InChI=1S/C15H13ClF3N5O2/c1-7(12-21-6-10(16)23(12)2)26-14(25)8-4-9-11(15(17,18)19)22-24(3)13(9)20-5-8/h4-7H,1-3H3. The molecule has 0 radical (unpaired) electrons. The quantitative estimate of drug-likeness (QED) is 0.645. The summed E-state index contributed by atoms with van der Waals surface area (Å²) in [6, 6.07) is 1.07. The van der Waals surface area contributed by atoms with Gasteiger partial charge in [0.05, 0.1) is 17.1 Å². The van der Waals surface area contributed by atoms with Gasteiger partial charge in [-0.2, -0.15) is 18.3 Å². The van der Waals surface area contributed by atoms with Crippen LogP contribution in [0.25, 0.3) is 11.0 Å². The number of ether oxygens (including phenoxy) is 1. The van der Waals surface area contributed by atoms with Crippen LogP contribution in [0.2, 0.25) is 5.15 Å². The molecule has 0 spiro atoms. The molecular weight excluding hydrogens is 375 g/mol. The van der Waals surface area contributed by atoms with Crippen LogP contribution in [-0.4, -0.2) is 30.3 Å². The topological polar surface area (TPSA) is 74.8 Å². The third kappa shape index (κ3) is 3.12. The Morgan fingerprint density at radius 2 is 1.96 bits per heavy atom. The first kappa shape index (κ1) is 18.2. The van der Waals surface area contributed by atoms with E-state index in [0.29, 0.717) is 11.0 Å². The van der Waals surface area contributed by atoms with E-state index in [-0.39, 0.29) is 16.6 Å². The second-order valence-electron chi connectivity index (χ2n) is 5.61. The van der Waals surface area contributed by atoms with Crippen LogP contribution < -0.4 is 0 Å². The molecule has 0 saturated heterocycles. The summed E-state index contributed by atoms with van der Waals surface area (Å²) in [5.74, 6) is -0.433. The lowest BCUT2D eigenvalue weighted by Gasteiger charge is -2.13. The Morgan fingerprint density at radius 1 is 1.27 bits per heavy atom. The molecule has 0 aromatic carbocycles. The van der Waals surface area contributed by atoms with E-state index in [1.807, 2.05) is 0 Å². The zero-order chi connectivity index (χ0) is 19.2. The van der Waals surface area contributed by atoms with E-state index < -0.39 is 23.9 Å². The van der Waals surface area contributed by atoms with E-state index in [1.165, 1.54) is 17.8 Å². The highest BCUT2D eigenvalue weighted by Gasteiger charge is 2.37. The van der Waals surface area contributed by atoms with E-state index in [1.54, 1.807) is 14.0 Å². The number of hydrogen-bond acceptors (Lipinski definition) is 5. The molecule has 26 heavy (non-hydrogen) atoms. The molecule has 0 aliphatic rings. The highest BCUT2D eigenvalue weighted by molar-refractivity contribution is 6.29. The van der Waals surface area contributed by atoms with Crippen molar-refractivity contribution in [3.05, 3.63) is 40.7 Å². The predicted molar refractivity (Wildman–Crippen MR) is 85.6 cm³/mol. The molecule has 138 valence electrons. The summed E-state index contributed by atoms with van der Waals surface area (Å²) in [4.78, 5) is 20.3. The Bertz CT molecular complexity index is 995. The van der Waals surface area contributed by atoms with Gasteiger partial charge < -0.3 is 9.30 Å². The number of rotatable bonds is 3. The van der Waals surface area contributed by atoms with Crippen LogP contribution >= 0.6 is 11.6 Å². The third-order valence-corrected chi connectivity index (χ3v) is 4.15. The molecule has 0 saturated carbocycles. The fourth-order valence-corrected chi connectivity index (χ4v) is 2.66. The predicted octanol–water partition coefficient (Wildman–Crippen LogP) is 3.29. The fraction of sp³-hybridized carbons (Fsp3) is 0.333. The van der Waals surface area contributed by atoms with Crippen LogP contribution in [0, 0.1) is 0 Å². The van der Waals surface area contributed by atoms with Gasteiger partial charge in [-0.05, 0) is 13.0 Å². The van der Waals surface area contributed by atoms with E-state index in [4.69, 9.17) is 16.3 Å². The number of pyridine rings is 1. The van der Waals surface area contributed by atoms with Crippen LogP contribution in [0.3, 0.4) is 0 Å². The first-order valence-electron chi connectivity index (χ1n) is 7.37. The highest BCUT2D eigenvalue weighted by atomic mass is 35.5. The lowest BCUT2D eigenvalue weighted by atomic mass is 10.2. The molecule has 7 nitrogen and oxygen atoms in total. The number of halogens is 4. The van der Waals surface area contributed by atoms with Gasteiger partial charge in [0.15, 0.2) is 23.3 Å². The largest absolute Gasteiger partial charge is 0.451 e. The summed E-state index contributed by atoms with van der Waals surface area (Å²) in [5.41, 5.74) is -1.22. The minimum atomic E-state index is -4.67. The van der Waals surface area contributed by atoms with Crippen molar-refractivity contribution in [2.24, 2.45) is 14.1 Å². The van der Waals surface area contributed by atoms with Gasteiger partial charge in [-0.1, -0.05) is 11.6 Å². The van der Waals surface area contributed by atoms with Crippen LogP contribution in [0.4, 0.5) is 13.2 Å². The normalized spacial score (nSPS) is 13.2. The number of nitrogens with zero attached hydrogens (tertiary/aromatic N) is 5. The van der Waals surface area contributed by atoms with Gasteiger partial charge in [0.1, 0.15) is 5.15 Å². The van der Waals surface area contributed by atoms with Gasteiger partial charge in [-0.3, -0.25) is 0 Å². The molecule has 0 fully saturated rings. The number of carbonyl (C=O) groups excluding carboxylic acids is 1. The molecule has 0 amide bonds. The molecular formula is C15H13ClF3N5O2. The van der Waals surface area contributed by atoms with Crippen molar-refractivity contribution >= 4 is 28.6 Å². The van der Waals surface area contributed by atoms with Crippen molar-refractivity contribution in [2.45, 2.75) is 19.2 Å². The van der Waals surface area contributed by atoms with Crippen molar-refractivity contribution in [1.82, 2.24) is 24.3 Å². The summed E-state index contributed by atoms with van der Waals surface area (Å²) in [6.07, 6.45) is -2.88. The Balaban J connectivity index is 1.92. The van der Waals surface area contributed by atoms with Crippen LogP contribution in [0.1, 0.15) is 34.9 Å². The maximum Gasteiger partial charge on any atom is 0.435 e. The second kappa shape index (κ2) is 6.27. The summed E-state index contributed by atoms with van der Waals surface area (Å²) in [5, 5.41) is 3.52. The van der Waals surface area contributed by atoms with Gasteiger partial charge >= 0.3 is 12.1 Å². The molecule has 1 atom stereocenters. The Kier molecular flexibility index (Phi) is 4.39. The number of alkyl halides is 3. The first-order chi connectivity index (χ1) is 12.1. The zero-order valence-corrected chi connectivity index (χ0v) is 14.6. The lowest BCUT2D eigenvalue weighted by molar-refractivity contribution is -0.140. The number of carbonyl (C=O) groups is 1. The van der Waals surface area contributed by atoms with Crippen molar-refractivity contribution in [3.63, 3.8) is 0 Å². The average Bonchev–Trinajstić information content (AvgIpc) is 3.07. The zero-order valence-electron chi connectivity index (χ0n) is 13.9.